The standard InChI is InChI=1S/C15H12BrF2N3O2/c16-7-1-2-10(9(17)5-7)20-11-6-12-8(14(19)22)3-4-21(12)15(23)13(11)18/h1-2,5-6,8,20H,3-4H2,(H2,19,22). The third-order valence-corrected chi connectivity index (χ3v) is 4.31. The second-order valence-corrected chi connectivity index (χ2v) is 6.16. The van der Waals surface area contributed by atoms with Crippen molar-refractivity contribution in [2.24, 2.45) is 5.73 Å². The zero-order chi connectivity index (χ0) is 16.7. The fourth-order valence-electron chi connectivity index (χ4n) is 2.68. The minimum atomic E-state index is -1.03. The quantitative estimate of drug-likeness (QED) is 0.854. The maximum atomic E-state index is 14.2. The number of hydrogen-bond acceptors (Lipinski definition) is 3. The van der Waals surface area contributed by atoms with Gasteiger partial charge in [-0.15, -0.1) is 0 Å². The summed E-state index contributed by atoms with van der Waals surface area (Å²) in [4.78, 5) is 23.5. The average Bonchev–Trinajstić information content (AvgIpc) is 2.91. The van der Waals surface area contributed by atoms with E-state index in [1.807, 2.05) is 0 Å². The summed E-state index contributed by atoms with van der Waals surface area (Å²) in [5.41, 5.74) is 4.63. The number of rotatable bonds is 3. The number of carbonyl (C=O) groups excluding carboxylic acids is 1. The van der Waals surface area contributed by atoms with Gasteiger partial charge < -0.3 is 15.6 Å². The van der Waals surface area contributed by atoms with Crippen LogP contribution in [-0.4, -0.2) is 10.5 Å². The molecule has 8 heteroatoms. The maximum absolute atomic E-state index is 14.2. The Morgan fingerprint density at radius 2 is 2.04 bits per heavy atom. The van der Waals surface area contributed by atoms with E-state index >= 15 is 0 Å². The van der Waals surface area contributed by atoms with Crippen LogP contribution in [0.15, 0.2) is 33.5 Å². The normalized spacial score (nSPS) is 16.2. The molecule has 23 heavy (non-hydrogen) atoms. The Labute approximate surface area is 138 Å². The third kappa shape index (κ3) is 2.74. The first-order valence-electron chi connectivity index (χ1n) is 6.83. The van der Waals surface area contributed by atoms with Gasteiger partial charge in [0.05, 0.1) is 17.3 Å². The Bertz CT molecular complexity index is 867. The summed E-state index contributed by atoms with van der Waals surface area (Å²) in [5, 5.41) is 2.56. The van der Waals surface area contributed by atoms with Crippen LogP contribution in [0.3, 0.4) is 0 Å². The van der Waals surface area contributed by atoms with Crippen molar-refractivity contribution in [2.75, 3.05) is 5.32 Å². The Kier molecular flexibility index (Phi) is 3.93. The molecule has 0 fully saturated rings. The van der Waals surface area contributed by atoms with Crippen molar-refractivity contribution in [1.82, 2.24) is 4.57 Å². The largest absolute Gasteiger partial charge is 0.369 e. The minimum Gasteiger partial charge on any atom is -0.369 e. The number of carbonyl (C=O) groups is 1. The van der Waals surface area contributed by atoms with E-state index in [2.05, 4.69) is 21.2 Å². The van der Waals surface area contributed by atoms with Gasteiger partial charge in [-0.2, -0.15) is 4.39 Å². The number of halogens is 3. The Morgan fingerprint density at radius 1 is 1.30 bits per heavy atom. The van der Waals surface area contributed by atoms with Crippen LogP contribution in [0.5, 0.6) is 0 Å². The van der Waals surface area contributed by atoms with Gasteiger partial charge in [0.25, 0.3) is 5.56 Å². The van der Waals surface area contributed by atoms with Crippen molar-refractivity contribution < 1.29 is 13.6 Å². The second-order valence-electron chi connectivity index (χ2n) is 5.25. The highest BCUT2D eigenvalue weighted by Crippen LogP contribution is 2.31. The fraction of sp³-hybridized carbons (Fsp3) is 0.200. The van der Waals surface area contributed by atoms with E-state index in [9.17, 15) is 18.4 Å². The lowest BCUT2D eigenvalue weighted by Crippen LogP contribution is -2.26. The number of nitrogens with two attached hydrogens (primary N) is 1. The van der Waals surface area contributed by atoms with Crippen LogP contribution in [0.1, 0.15) is 18.0 Å². The van der Waals surface area contributed by atoms with Gasteiger partial charge in [-0.3, -0.25) is 9.59 Å². The van der Waals surface area contributed by atoms with Crippen LogP contribution in [0.2, 0.25) is 0 Å². The summed E-state index contributed by atoms with van der Waals surface area (Å²) in [6, 6.07) is 5.54. The highest BCUT2D eigenvalue weighted by molar-refractivity contribution is 9.10. The Hall–Kier alpha value is -2.22. The fourth-order valence-corrected chi connectivity index (χ4v) is 3.01. The van der Waals surface area contributed by atoms with Crippen molar-refractivity contribution in [3.63, 3.8) is 0 Å². The number of hydrogen-bond donors (Lipinski definition) is 2. The summed E-state index contributed by atoms with van der Waals surface area (Å²) in [6.45, 7) is 0.228. The lowest BCUT2D eigenvalue weighted by molar-refractivity contribution is -0.119. The number of fused-ring (bicyclic) bond motifs is 1. The molecule has 0 bridgehead atoms. The van der Waals surface area contributed by atoms with Crippen molar-refractivity contribution in [3.05, 3.63) is 56.4 Å². The number of pyridine rings is 1. The van der Waals surface area contributed by atoms with Crippen molar-refractivity contribution in [3.8, 4) is 0 Å². The number of nitrogens with zero attached hydrogens (tertiary/aromatic N) is 1. The molecule has 0 aliphatic carbocycles. The Morgan fingerprint density at radius 3 is 2.70 bits per heavy atom. The molecule has 2 heterocycles. The first-order valence-corrected chi connectivity index (χ1v) is 7.62. The van der Waals surface area contributed by atoms with Gasteiger partial charge in [-0.1, -0.05) is 15.9 Å². The summed E-state index contributed by atoms with van der Waals surface area (Å²) >= 11 is 3.13. The molecule has 1 amide bonds. The first-order chi connectivity index (χ1) is 10.9. The monoisotopic (exact) mass is 383 g/mol. The van der Waals surface area contributed by atoms with Gasteiger partial charge in [0, 0.05) is 16.7 Å². The molecule has 1 aromatic carbocycles. The predicted octanol–water partition coefficient (Wildman–Crippen LogP) is 2.61. The molecule has 3 rings (SSSR count). The van der Waals surface area contributed by atoms with Gasteiger partial charge in [-0.05, 0) is 30.7 Å². The molecule has 0 radical (unpaired) electrons. The molecule has 2 aromatic rings. The lowest BCUT2D eigenvalue weighted by atomic mass is 10.0. The summed E-state index contributed by atoms with van der Waals surface area (Å²) in [7, 11) is 0. The lowest BCUT2D eigenvalue weighted by Gasteiger charge is -2.13. The molecule has 0 saturated heterocycles. The number of amides is 1. The van der Waals surface area contributed by atoms with Gasteiger partial charge in [0.15, 0.2) is 0 Å². The summed E-state index contributed by atoms with van der Waals surface area (Å²) in [5.74, 6) is -2.87. The van der Waals surface area contributed by atoms with Crippen LogP contribution in [-0.2, 0) is 11.3 Å². The molecule has 0 spiro atoms. The molecule has 0 saturated carbocycles. The van der Waals surface area contributed by atoms with Crippen molar-refractivity contribution in [1.29, 1.82) is 0 Å². The third-order valence-electron chi connectivity index (χ3n) is 3.82. The highest BCUT2D eigenvalue weighted by atomic mass is 79.9. The number of anilines is 2. The van der Waals surface area contributed by atoms with Crippen LogP contribution < -0.4 is 16.6 Å². The van der Waals surface area contributed by atoms with Crippen LogP contribution in [0.4, 0.5) is 20.2 Å². The van der Waals surface area contributed by atoms with Crippen LogP contribution in [0.25, 0.3) is 0 Å². The van der Waals surface area contributed by atoms with Gasteiger partial charge >= 0.3 is 0 Å². The van der Waals surface area contributed by atoms with E-state index in [1.54, 1.807) is 6.07 Å². The molecule has 1 unspecified atom stereocenters. The smallest absolute Gasteiger partial charge is 0.288 e. The maximum Gasteiger partial charge on any atom is 0.288 e. The number of nitrogens with one attached hydrogen (secondary N) is 1. The van der Waals surface area contributed by atoms with Crippen LogP contribution in [0, 0.1) is 11.6 Å². The second kappa shape index (κ2) is 5.77. The molecule has 1 aliphatic rings. The molecule has 5 nitrogen and oxygen atoms in total. The van der Waals surface area contributed by atoms with E-state index in [1.165, 1.54) is 22.8 Å². The zero-order valence-electron chi connectivity index (χ0n) is 11.8. The summed E-state index contributed by atoms with van der Waals surface area (Å²) in [6.07, 6.45) is 0.347. The van der Waals surface area contributed by atoms with Gasteiger partial charge in [0.1, 0.15) is 5.82 Å². The molecular weight excluding hydrogens is 372 g/mol. The molecular formula is C15H12BrF2N3O2. The Balaban J connectivity index is 2.07. The van der Waals surface area contributed by atoms with E-state index in [-0.39, 0.29) is 17.9 Å². The number of aromatic nitrogens is 1. The van der Waals surface area contributed by atoms with E-state index in [0.29, 0.717) is 16.6 Å². The van der Waals surface area contributed by atoms with Crippen LogP contribution >= 0.6 is 15.9 Å². The summed E-state index contributed by atoms with van der Waals surface area (Å²) < 4.78 is 29.8. The topological polar surface area (TPSA) is 77.1 Å². The first kappa shape index (κ1) is 15.7. The molecule has 1 aliphatic heterocycles. The number of primary amides is 1. The minimum absolute atomic E-state index is 0.0186. The zero-order valence-corrected chi connectivity index (χ0v) is 13.4. The van der Waals surface area contributed by atoms with Gasteiger partial charge in [0.2, 0.25) is 11.7 Å². The predicted molar refractivity (Wildman–Crippen MR) is 84.6 cm³/mol. The highest BCUT2D eigenvalue weighted by Gasteiger charge is 2.30. The van der Waals surface area contributed by atoms with Crippen molar-refractivity contribution >= 4 is 33.2 Å². The molecule has 1 atom stereocenters. The van der Waals surface area contributed by atoms with Crippen molar-refractivity contribution in [2.45, 2.75) is 18.9 Å². The van der Waals surface area contributed by atoms with Gasteiger partial charge in [-0.25, -0.2) is 4.39 Å². The van der Waals surface area contributed by atoms with E-state index < -0.39 is 29.0 Å². The van der Waals surface area contributed by atoms with E-state index in [4.69, 9.17) is 5.73 Å². The SMILES string of the molecule is NC(=O)C1CCn2c1cc(Nc1ccc(Br)cc1F)c(F)c2=O. The number of benzene rings is 1. The molecule has 3 N–H and O–H groups in total. The molecule has 1 aromatic heterocycles. The molecule has 120 valence electrons. The average molecular weight is 384 g/mol. The van der Waals surface area contributed by atoms with E-state index in [0.717, 1.165) is 0 Å².